The Labute approximate surface area is 162 Å². The molecule has 0 aliphatic carbocycles. The number of hydrogen-bond donors (Lipinski definition) is 2. The fraction of sp³-hybridized carbons (Fsp3) is 0.944. The lowest BCUT2D eigenvalue weighted by Crippen LogP contribution is -2.42. The molecule has 0 aromatic heterocycles. The molecule has 0 radical (unpaired) electrons. The summed E-state index contributed by atoms with van der Waals surface area (Å²) in [6.45, 7) is 11.1. The van der Waals surface area contributed by atoms with Crippen LogP contribution in [0.5, 0.6) is 0 Å². The van der Waals surface area contributed by atoms with Crippen molar-refractivity contribution in [3.05, 3.63) is 0 Å². The van der Waals surface area contributed by atoms with E-state index in [1.165, 1.54) is 51.5 Å². The summed E-state index contributed by atoms with van der Waals surface area (Å²) >= 11 is 0. The number of hydrogen-bond acceptors (Lipinski definition) is 2. The number of halogens is 1. The third-order valence-electron chi connectivity index (χ3n) is 4.21. The molecule has 0 saturated heterocycles. The van der Waals surface area contributed by atoms with E-state index in [9.17, 15) is 0 Å². The Morgan fingerprint density at radius 2 is 1.74 bits per heavy atom. The van der Waals surface area contributed by atoms with E-state index in [0.717, 1.165) is 12.5 Å². The van der Waals surface area contributed by atoms with Crippen LogP contribution < -0.4 is 10.6 Å². The van der Waals surface area contributed by atoms with Crippen LogP contribution in [0.4, 0.5) is 0 Å². The minimum Gasteiger partial charge on any atom is -0.356 e. The van der Waals surface area contributed by atoms with Crippen LogP contribution in [0.25, 0.3) is 0 Å². The van der Waals surface area contributed by atoms with E-state index in [0.29, 0.717) is 12.1 Å². The highest BCUT2D eigenvalue weighted by molar-refractivity contribution is 14.0. The van der Waals surface area contributed by atoms with Gasteiger partial charge in [0.25, 0.3) is 0 Å². The first-order valence-electron chi connectivity index (χ1n) is 9.18. The van der Waals surface area contributed by atoms with Gasteiger partial charge in [-0.2, -0.15) is 0 Å². The Hall–Kier alpha value is -0.0400. The lowest BCUT2D eigenvalue weighted by atomic mass is 10.1. The molecule has 4 nitrogen and oxygen atoms in total. The quantitative estimate of drug-likeness (QED) is 0.206. The zero-order valence-corrected chi connectivity index (χ0v) is 18.7. The summed E-state index contributed by atoms with van der Waals surface area (Å²) in [7, 11) is 4.05. The van der Waals surface area contributed by atoms with E-state index in [-0.39, 0.29) is 24.0 Å². The molecule has 1 atom stereocenters. The number of nitrogens with one attached hydrogen (secondary N) is 2. The Morgan fingerprint density at radius 3 is 2.30 bits per heavy atom. The summed E-state index contributed by atoms with van der Waals surface area (Å²) < 4.78 is 0. The van der Waals surface area contributed by atoms with Crippen molar-refractivity contribution in [1.82, 2.24) is 15.5 Å². The maximum atomic E-state index is 4.32. The molecule has 5 heteroatoms. The fourth-order valence-corrected chi connectivity index (χ4v) is 2.33. The molecule has 0 amide bonds. The molecule has 0 heterocycles. The zero-order chi connectivity index (χ0) is 16.8. The van der Waals surface area contributed by atoms with E-state index in [2.05, 4.69) is 55.3 Å². The summed E-state index contributed by atoms with van der Waals surface area (Å²) in [6, 6.07) is 1.13. The van der Waals surface area contributed by atoms with Gasteiger partial charge >= 0.3 is 0 Å². The normalized spacial score (nSPS) is 13.1. The summed E-state index contributed by atoms with van der Waals surface area (Å²) in [5, 5.41) is 6.92. The Bertz CT molecular complexity index is 282. The topological polar surface area (TPSA) is 39.7 Å². The average molecular weight is 440 g/mol. The first-order valence-corrected chi connectivity index (χ1v) is 9.18. The highest BCUT2D eigenvalue weighted by atomic mass is 127. The van der Waals surface area contributed by atoms with E-state index in [1.54, 1.807) is 0 Å². The van der Waals surface area contributed by atoms with Gasteiger partial charge < -0.3 is 15.5 Å². The van der Waals surface area contributed by atoms with Crippen molar-refractivity contribution in [2.24, 2.45) is 4.99 Å². The molecule has 140 valence electrons. The van der Waals surface area contributed by atoms with E-state index >= 15 is 0 Å². The molecule has 0 rings (SSSR count). The predicted molar refractivity (Wildman–Crippen MR) is 115 cm³/mol. The van der Waals surface area contributed by atoms with Gasteiger partial charge in [0.05, 0.1) is 0 Å². The smallest absolute Gasteiger partial charge is 0.191 e. The molecule has 0 aromatic carbocycles. The second-order valence-corrected chi connectivity index (χ2v) is 6.68. The maximum absolute atomic E-state index is 4.32. The van der Waals surface area contributed by atoms with Crippen molar-refractivity contribution in [3.8, 4) is 0 Å². The number of nitrogens with zero attached hydrogens (tertiary/aromatic N) is 2. The number of guanidine groups is 1. The van der Waals surface area contributed by atoms with Crippen molar-refractivity contribution in [2.45, 2.75) is 84.7 Å². The second kappa shape index (κ2) is 16.8. The van der Waals surface area contributed by atoms with Crippen LogP contribution >= 0.6 is 24.0 Å². The third kappa shape index (κ3) is 15.2. The third-order valence-corrected chi connectivity index (χ3v) is 4.21. The van der Waals surface area contributed by atoms with E-state index in [1.807, 2.05) is 7.05 Å². The minimum atomic E-state index is 0. The lowest BCUT2D eigenvalue weighted by molar-refractivity contribution is 0.268. The molecule has 0 aliphatic rings. The summed E-state index contributed by atoms with van der Waals surface area (Å²) in [5.41, 5.74) is 0. The SMILES string of the molecule is CCCCCCC(C)NC(=NC)NCCCCN(C)C(C)C.I. The monoisotopic (exact) mass is 440 g/mol. The van der Waals surface area contributed by atoms with Crippen molar-refractivity contribution >= 4 is 29.9 Å². The van der Waals surface area contributed by atoms with Crippen LogP contribution in [0.3, 0.4) is 0 Å². The van der Waals surface area contributed by atoms with Crippen LogP contribution in [0.15, 0.2) is 4.99 Å². The molecule has 0 aliphatic heterocycles. The van der Waals surface area contributed by atoms with Crippen molar-refractivity contribution in [3.63, 3.8) is 0 Å². The Morgan fingerprint density at radius 1 is 1.04 bits per heavy atom. The second-order valence-electron chi connectivity index (χ2n) is 6.68. The molecule has 2 N–H and O–H groups in total. The van der Waals surface area contributed by atoms with Crippen LogP contribution in [0, 0.1) is 0 Å². The van der Waals surface area contributed by atoms with Gasteiger partial charge in [0.15, 0.2) is 5.96 Å². The Balaban J connectivity index is 0. The minimum absolute atomic E-state index is 0. The molecular weight excluding hydrogens is 399 g/mol. The van der Waals surface area contributed by atoms with Crippen molar-refractivity contribution < 1.29 is 0 Å². The average Bonchev–Trinajstić information content (AvgIpc) is 2.49. The first-order chi connectivity index (χ1) is 10.5. The number of rotatable bonds is 12. The summed E-state index contributed by atoms with van der Waals surface area (Å²) in [6.07, 6.45) is 8.94. The van der Waals surface area contributed by atoms with Gasteiger partial charge in [-0.15, -0.1) is 24.0 Å². The van der Waals surface area contributed by atoms with E-state index < -0.39 is 0 Å². The first kappa shape index (κ1) is 25.2. The number of aliphatic imine (C=N–C) groups is 1. The largest absolute Gasteiger partial charge is 0.356 e. The van der Waals surface area contributed by atoms with Gasteiger partial charge in [0.2, 0.25) is 0 Å². The highest BCUT2D eigenvalue weighted by Gasteiger charge is 2.05. The number of unbranched alkanes of at least 4 members (excludes halogenated alkanes) is 4. The summed E-state index contributed by atoms with van der Waals surface area (Å²) in [4.78, 5) is 6.71. The van der Waals surface area contributed by atoms with Gasteiger partial charge in [-0.1, -0.05) is 32.6 Å². The standard InChI is InChI=1S/C18H40N4.HI/c1-7-8-9-10-13-17(4)21-18(19-5)20-14-11-12-15-22(6)16(2)3;/h16-17H,7-15H2,1-6H3,(H2,19,20,21);1H. The molecule has 0 aromatic rings. The van der Waals surface area contributed by atoms with Crippen LogP contribution in [-0.4, -0.2) is 50.1 Å². The van der Waals surface area contributed by atoms with Crippen LogP contribution in [0.2, 0.25) is 0 Å². The lowest BCUT2D eigenvalue weighted by Gasteiger charge is -2.21. The van der Waals surface area contributed by atoms with Gasteiger partial charge in [0.1, 0.15) is 0 Å². The van der Waals surface area contributed by atoms with Gasteiger partial charge in [-0.05, 0) is 53.6 Å². The maximum Gasteiger partial charge on any atom is 0.191 e. The fourth-order valence-electron chi connectivity index (χ4n) is 2.33. The molecule has 0 spiro atoms. The summed E-state index contributed by atoms with van der Waals surface area (Å²) in [5.74, 6) is 0.945. The van der Waals surface area contributed by atoms with Crippen molar-refractivity contribution in [2.75, 3.05) is 27.2 Å². The van der Waals surface area contributed by atoms with Crippen molar-refractivity contribution in [1.29, 1.82) is 0 Å². The molecule has 0 saturated carbocycles. The van der Waals surface area contributed by atoms with Gasteiger partial charge in [-0.3, -0.25) is 4.99 Å². The van der Waals surface area contributed by atoms with Crippen LogP contribution in [0.1, 0.15) is 72.6 Å². The molecular formula is C18H41IN4. The van der Waals surface area contributed by atoms with Crippen LogP contribution in [-0.2, 0) is 0 Å². The predicted octanol–water partition coefficient (Wildman–Crippen LogP) is 4.25. The Kier molecular flexibility index (Phi) is 18.4. The molecule has 1 unspecified atom stereocenters. The molecule has 0 bridgehead atoms. The van der Waals surface area contributed by atoms with Gasteiger partial charge in [0, 0.05) is 25.7 Å². The highest BCUT2D eigenvalue weighted by Crippen LogP contribution is 2.05. The zero-order valence-electron chi connectivity index (χ0n) is 16.3. The molecule has 23 heavy (non-hydrogen) atoms. The van der Waals surface area contributed by atoms with E-state index in [4.69, 9.17) is 0 Å². The molecule has 0 fully saturated rings. The van der Waals surface area contributed by atoms with Gasteiger partial charge in [-0.25, -0.2) is 0 Å².